The van der Waals surface area contributed by atoms with Crippen molar-refractivity contribution in [2.24, 2.45) is 4.99 Å². The van der Waals surface area contributed by atoms with E-state index in [1.807, 2.05) is 0 Å². The van der Waals surface area contributed by atoms with Gasteiger partial charge in [0.2, 0.25) is 5.91 Å². The molecule has 0 bridgehead atoms. The van der Waals surface area contributed by atoms with Crippen LogP contribution in [0.3, 0.4) is 0 Å². The summed E-state index contributed by atoms with van der Waals surface area (Å²) in [6.45, 7) is 6.05. The van der Waals surface area contributed by atoms with Gasteiger partial charge in [0.25, 0.3) is 0 Å². The number of carbonyl (C=O) groups is 1. The van der Waals surface area contributed by atoms with E-state index < -0.39 is 0 Å². The van der Waals surface area contributed by atoms with Gasteiger partial charge < -0.3 is 16.0 Å². The van der Waals surface area contributed by atoms with Gasteiger partial charge in [-0.1, -0.05) is 49.6 Å². The van der Waals surface area contributed by atoms with Gasteiger partial charge in [-0.25, -0.2) is 4.99 Å². The van der Waals surface area contributed by atoms with Gasteiger partial charge in [-0.3, -0.25) is 9.69 Å². The Morgan fingerprint density at radius 2 is 1.79 bits per heavy atom. The third-order valence-corrected chi connectivity index (χ3v) is 5.92. The second-order valence-electron chi connectivity index (χ2n) is 8.15. The minimum Gasteiger partial charge on any atom is -0.357 e. The van der Waals surface area contributed by atoms with Crippen LogP contribution in [-0.4, -0.2) is 55.5 Å². The summed E-state index contributed by atoms with van der Waals surface area (Å²) < 4.78 is 0. The Balaban J connectivity index is 1.56. The van der Waals surface area contributed by atoms with E-state index in [0.717, 1.165) is 39.0 Å². The highest BCUT2D eigenvalue weighted by Crippen LogP contribution is 2.24. The van der Waals surface area contributed by atoms with E-state index in [2.05, 4.69) is 63.1 Å². The predicted molar refractivity (Wildman–Crippen MR) is 119 cm³/mol. The molecule has 1 saturated heterocycles. The molecule has 0 spiro atoms. The lowest BCUT2D eigenvalue weighted by atomic mass is 9.95. The van der Waals surface area contributed by atoms with Crippen molar-refractivity contribution in [3.05, 3.63) is 35.9 Å². The standard InChI is InChI=1S/C23H37N5O/c1-2-24-23(26-18-22(29)27-20-13-7-4-8-14-20)25-17-21(28-15-9-10-16-28)19-11-5-3-6-12-19/h3,5-6,11-12,20-21H,2,4,7-10,13-18H2,1H3,(H,27,29)(H2,24,25,26). The molecule has 1 aliphatic carbocycles. The van der Waals surface area contributed by atoms with Crippen molar-refractivity contribution in [1.29, 1.82) is 0 Å². The van der Waals surface area contributed by atoms with Crippen molar-refractivity contribution >= 4 is 11.9 Å². The summed E-state index contributed by atoms with van der Waals surface area (Å²) >= 11 is 0. The number of likely N-dealkylation sites (tertiary alicyclic amines) is 1. The zero-order chi connectivity index (χ0) is 20.3. The Hall–Kier alpha value is -2.08. The summed E-state index contributed by atoms with van der Waals surface area (Å²) in [7, 11) is 0. The van der Waals surface area contributed by atoms with Gasteiger partial charge in [-0.2, -0.15) is 0 Å². The van der Waals surface area contributed by atoms with Crippen LogP contribution in [0.1, 0.15) is 63.5 Å². The summed E-state index contributed by atoms with van der Waals surface area (Å²) in [6.07, 6.45) is 8.45. The van der Waals surface area contributed by atoms with Crippen LogP contribution < -0.4 is 16.0 Å². The Morgan fingerprint density at radius 3 is 2.48 bits per heavy atom. The molecule has 2 fully saturated rings. The van der Waals surface area contributed by atoms with Gasteiger partial charge in [0, 0.05) is 19.1 Å². The first-order chi connectivity index (χ1) is 14.3. The molecule has 6 heteroatoms. The number of nitrogens with zero attached hydrogens (tertiary/aromatic N) is 2. The van der Waals surface area contributed by atoms with Gasteiger partial charge >= 0.3 is 0 Å². The first kappa shape index (κ1) is 21.6. The summed E-state index contributed by atoms with van der Waals surface area (Å²) in [5, 5.41) is 9.89. The van der Waals surface area contributed by atoms with Crippen molar-refractivity contribution < 1.29 is 4.79 Å². The molecule has 29 heavy (non-hydrogen) atoms. The molecule has 3 rings (SSSR count). The smallest absolute Gasteiger partial charge is 0.242 e. The van der Waals surface area contributed by atoms with Crippen LogP contribution in [0.4, 0.5) is 0 Å². The van der Waals surface area contributed by atoms with Gasteiger partial charge in [0.05, 0.1) is 6.04 Å². The van der Waals surface area contributed by atoms with Crippen LogP contribution in [0.2, 0.25) is 0 Å². The van der Waals surface area contributed by atoms with E-state index in [9.17, 15) is 4.79 Å². The first-order valence-corrected chi connectivity index (χ1v) is 11.4. The van der Waals surface area contributed by atoms with Gasteiger partial charge in [0.15, 0.2) is 5.96 Å². The van der Waals surface area contributed by atoms with Crippen LogP contribution in [-0.2, 0) is 4.79 Å². The molecule has 0 aromatic heterocycles. The maximum atomic E-state index is 12.3. The fraction of sp³-hybridized carbons (Fsp3) is 0.652. The lowest BCUT2D eigenvalue weighted by Gasteiger charge is -2.29. The number of rotatable bonds is 8. The molecule has 6 nitrogen and oxygen atoms in total. The van der Waals surface area contributed by atoms with Crippen molar-refractivity contribution in [1.82, 2.24) is 20.9 Å². The first-order valence-electron chi connectivity index (χ1n) is 11.4. The highest BCUT2D eigenvalue weighted by molar-refractivity contribution is 5.85. The Morgan fingerprint density at radius 1 is 1.07 bits per heavy atom. The zero-order valence-corrected chi connectivity index (χ0v) is 17.8. The van der Waals surface area contributed by atoms with Gasteiger partial charge in [-0.15, -0.1) is 0 Å². The van der Waals surface area contributed by atoms with Crippen LogP contribution in [0.15, 0.2) is 35.3 Å². The SMILES string of the molecule is CCNC(=NCC(=O)NC1CCCCC1)NCC(c1ccccc1)N1CCCC1. The molecule has 0 radical (unpaired) electrons. The number of carbonyl (C=O) groups excluding carboxylic acids is 1. The van der Waals surface area contributed by atoms with Crippen LogP contribution in [0.5, 0.6) is 0 Å². The summed E-state index contributed by atoms with van der Waals surface area (Å²) in [5.74, 6) is 0.736. The zero-order valence-electron chi connectivity index (χ0n) is 17.8. The molecule has 1 aromatic carbocycles. The third kappa shape index (κ3) is 7.03. The number of benzene rings is 1. The Bertz CT molecular complexity index is 636. The fourth-order valence-electron chi connectivity index (χ4n) is 4.39. The van der Waals surface area contributed by atoms with E-state index in [1.54, 1.807) is 0 Å². The summed E-state index contributed by atoms with van der Waals surface area (Å²) in [4.78, 5) is 19.4. The Labute approximate surface area is 175 Å². The molecule has 1 aliphatic heterocycles. The second-order valence-corrected chi connectivity index (χ2v) is 8.15. The molecule has 3 N–H and O–H groups in total. The Kier molecular flexibility index (Phi) is 8.81. The molecular formula is C23H37N5O. The minimum absolute atomic E-state index is 0.0215. The van der Waals surface area contributed by atoms with Gasteiger partial charge in [-0.05, 0) is 51.3 Å². The van der Waals surface area contributed by atoms with E-state index in [1.165, 1.54) is 37.7 Å². The number of nitrogens with one attached hydrogen (secondary N) is 3. The van der Waals surface area contributed by atoms with Crippen molar-refractivity contribution in [3.8, 4) is 0 Å². The summed E-state index contributed by atoms with van der Waals surface area (Å²) in [6, 6.07) is 11.3. The van der Waals surface area contributed by atoms with E-state index in [-0.39, 0.29) is 12.5 Å². The lowest BCUT2D eigenvalue weighted by molar-refractivity contribution is -0.120. The number of hydrogen-bond acceptors (Lipinski definition) is 3. The van der Waals surface area contributed by atoms with Crippen LogP contribution in [0.25, 0.3) is 0 Å². The number of amides is 1. The number of hydrogen-bond donors (Lipinski definition) is 3. The molecular weight excluding hydrogens is 362 g/mol. The van der Waals surface area contributed by atoms with Crippen molar-refractivity contribution in [3.63, 3.8) is 0 Å². The maximum absolute atomic E-state index is 12.3. The van der Waals surface area contributed by atoms with Crippen LogP contribution >= 0.6 is 0 Å². The predicted octanol–water partition coefficient (Wildman–Crippen LogP) is 2.83. The average molecular weight is 400 g/mol. The highest BCUT2D eigenvalue weighted by atomic mass is 16.1. The normalized spacial score (nSPS) is 19.7. The molecule has 1 amide bonds. The van der Waals surface area contributed by atoms with Gasteiger partial charge in [0.1, 0.15) is 6.54 Å². The average Bonchev–Trinajstić information content (AvgIpc) is 3.28. The molecule has 1 aromatic rings. The molecule has 1 unspecified atom stereocenters. The molecule has 160 valence electrons. The molecule has 1 atom stereocenters. The molecule has 2 aliphatic rings. The third-order valence-electron chi connectivity index (χ3n) is 5.92. The van der Waals surface area contributed by atoms with E-state index in [4.69, 9.17) is 0 Å². The van der Waals surface area contributed by atoms with Crippen molar-refractivity contribution in [2.45, 2.75) is 64.0 Å². The fourth-order valence-corrected chi connectivity index (χ4v) is 4.39. The quantitative estimate of drug-likeness (QED) is 0.464. The topological polar surface area (TPSA) is 68.8 Å². The monoisotopic (exact) mass is 399 g/mol. The largest absolute Gasteiger partial charge is 0.357 e. The van der Waals surface area contributed by atoms with Crippen molar-refractivity contribution in [2.75, 3.05) is 32.7 Å². The van der Waals surface area contributed by atoms with E-state index >= 15 is 0 Å². The minimum atomic E-state index is 0.0215. The summed E-state index contributed by atoms with van der Waals surface area (Å²) in [5.41, 5.74) is 1.33. The molecule has 1 saturated carbocycles. The second kappa shape index (κ2) is 11.8. The highest BCUT2D eigenvalue weighted by Gasteiger charge is 2.23. The number of aliphatic imine (C=N–C) groups is 1. The van der Waals surface area contributed by atoms with E-state index in [0.29, 0.717) is 18.0 Å². The number of guanidine groups is 1. The maximum Gasteiger partial charge on any atom is 0.242 e. The van der Waals surface area contributed by atoms with Crippen LogP contribution in [0, 0.1) is 0 Å². The lowest BCUT2D eigenvalue weighted by Crippen LogP contribution is -2.43. The molecule has 1 heterocycles.